The molecule has 0 spiro atoms. The van der Waals surface area contributed by atoms with Gasteiger partial charge < -0.3 is 37.9 Å². The molecule has 0 bridgehead atoms. The van der Waals surface area contributed by atoms with Crippen molar-refractivity contribution in [2.24, 2.45) is 11.8 Å². The van der Waals surface area contributed by atoms with E-state index in [1.54, 1.807) is 48.5 Å². The van der Waals surface area contributed by atoms with Crippen LogP contribution < -0.4 is 18.9 Å². The van der Waals surface area contributed by atoms with Crippen LogP contribution in [0.25, 0.3) is 0 Å². The zero-order valence-electron chi connectivity index (χ0n) is 39.1. The van der Waals surface area contributed by atoms with Gasteiger partial charge in [0.05, 0.1) is 55.8 Å². The molecule has 0 N–H and O–H groups in total. The smallest absolute Gasteiger partial charge is 0.339 e. The minimum Gasteiger partial charge on any atom is -0.494 e. The number of hydrogen-bond acceptors (Lipinski definition) is 15. The normalized spacial score (nSPS) is 17.6. The van der Waals surface area contributed by atoms with Gasteiger partial charge in [-0.05, 0) is 169 Å². The first-order chi connectivity index (χ1) is 33.5. The van der Waals surface area contributed by atoms with Crippen LogP contribution in [-0.2, 0) is 38.1 Å². The Balaban J connectivity index is 0.942. The predicted octanol–water partition coefficient (Wildman–Crippen LogP) is 9.92. The molecule has 3 aromatic carbocycles. The third-order valence-corrected chi connectivity index (χ3v) is 12.1. The van der Waals surface area contributed by atoms with Crippen molar-refractivity contribution in [3.05, 3.63) is 96.1 Å². The summed E-state index contributed by atoms with van der Waals surface area (Å²) in [7, 11) is 0. The van der Waals surface area contributed by atoms with Crippen LogP contribution in [0.3, 0.4) is 0 Å². The summed E-state index contributed by atoms with van der Waals surface area (Å²) < 4.78 is 44.3. The number of unbranched alkanes of at least 4 members (excludes halogenated alkanes) is 6. The lowest BCUT2D eigenvalue weighted by Gasteiger charge is -2.27. The number of ether oxygens (including phenoxy) is 8. The Morgan fingerprint density at radius 2 is 1.01 bits per heavy atom. The van der Waals surface area contributed by atoms with E-state index in [2.05, 4.69) is 6.58 Å². The number of rotatable bonds is 28. The molecule has 0 atom stereocenters. The first kappa shape index (κ1) is 53.7. The Kier molecular flexibility index (Phi) is 23.1. The predicted molar refractivity (Wildman–Crippen MR) is 254 cm³/mol. The van der Waals surface area contributed by atoms with E-state index in [1.807, 2.05) is 0 Å². The molecule has 3 aromatic rings. The summed E-state index contributed by atoms with van der Waals surface area (Å²) in [5, 5.41) is 0. The average molecular weight is 976 g/mol. The Morgan fingerprint density at radius 3 is 1.54 bits per heavy atom. The SMILES string of the molecule is C=CC(=O)OCCCCCCOc1ccc(OC(=O)[C@H]2CC[C@H](OC(=O)c3ccc(OC(=O)[C@H]4CC[C@H](OC(=O)c5ccc(OCCCCCCOC(=O)CCCl)cc5)CC4)cc3C=O)CC2)cc1. The van der Waals surface area contributed by atoms with Crippen LogP contribution in [0.4, 0.5) is 0 Å². The average Bonchev–Trinajstić information content (AvgIpc) is 3.36. The molecule has 69 heavy (non-hydrogen) atoms. The van der Waals surface area contributed by atoms with Gasteiger partial charge in [0.25, 0.3) is 0 Å². The fourth-order valence-corrected chi connectivity index (χ4v) is 8.06. The highest BCUT2D eigenvalue weighted by molar-refractivity contribution is 6.18. The summed E-state index contributed by atoms with van der Waals surface area (Å²) in [5.41, 5.74) is 0.447. The molecule has 0 amide bonds. The fraction of sp³-hybridized carbons (Fsp3) is 0.491. The maximum Gasteiger partial charge on any atom is 0.339 e. The van der Waals surface area contributed by atoms with Gasteiger partial charge in [0.15, 0.2) is 6.29 Å². The zero-order chi connectivity index (χ0) is 49.2. The van der Waals surface area contributed by atoms with Gasteiger partial charge in [0.1, 0.15) is 35.2 Å². The molecule has 0 aliphatic heterocycles. The summed E-state index contributed by atoms with van der Waals surface area (Å²) in [6, 6.07) is 17.8. The lowest BCUT2D eigenvalue weighted by molar-refractivity contribution is -0.143. The quantitative estimate of drug-likeness (QED) is 0.0127. The highest BCUT2D eigenvalue weighted by atomic mass is 35.5. The summed E-state index contributed by atoms with van der Waals surface area (Å²) >= 11 is 5.52. The van der Waals surface area contributed by atoms with Crippen molar-refractivity contribution in [3.63, 3.8) is 0 Å². The van der Waals surface area contributed by atoms with E-state index in [1.165, 1.54) is 18.2 Å². The maximum atomic E-state index is 13.2. The second-order valence-electron chi connectivity index (χ2n) is 17.0. The number of halogens is 1. The maximum absolute atomic E-state index is 13.2. The molecule has 2 aliphatic carbocycles. The Bertz CT molecular complexity index is 2140. The van der Waals surface area contributed by atoms with Crippen molar-refractivity contribution >= 4 is 53.7 Å². The van der Waals surface area contributed by atoms with Crippen LogP contribution in [0.1, 0.15) is 140 Å². The van der Waals surface area contributed by atoms with Gasteiger partial charge in [0, 0.05) is 17.5 Å². The lowest BCUT2D eigenvalue weighted by atomic mass is 9.87. The van der Waals surface area contributed by atoms with Crippen molar-refractivity contribution in [3.8, 4) is 23.0 Å². The van der Waals surface area contributed by atoms with Crippen LogP contribution in [0.5, 0.6) is 23.0 Å². The number of hydrogen-bond donors (Lipinski definition) is 0. The Morgan fingerprint density at radius 1 is 0.551 bits per heavy atom. The molecule has 372 valence electrons. The van der Waals surface area contributed by atoms with Gasteiger partial charge in [-0.2, -0.15) is 0 Å². The minimum absolute atomic E-state index is 0.0157. The number of carbonyl (C=O) groups excluding carboxylic acids is 7. The number of alkyl halides is 1. The minimum atomic E-state index is -0.688. The van der Waals surface area contributed by atoms with Crippen LogP contribution in [0.15, 0.2) is 79.4 Å². The molecule has 5 rings (SSSR count). The molecule has 2 aliphatic rings. The van der Waals surface area contributed by atoms with E-state index < -0.39 is 35.9 Å². The van der Waals surface area contributed by atoms with Crippen LogP contribution in [-0.4, -0.2) is 86.6 Å². The van der Waals surface area contributed by atoms with Gasteiger partial charge in [-0.3, -0.25) is 19.2 Å². The second-order valence-corrected chi connectivity index (χ2v) is 17.4. The van der Waals surface area contributed by atoms with Gasteiger partial charge in [-0.15, -0.1) is 11.6 Å². The standard InChI is InChI=1S/C53H63ClO15/c1-2-48(56)64-33-9-5-3-8-32-63-42-23-25-45(26-24-42)67-51(59)38-15-21-44(22-16-38)68-53(61)47-28-27-46(35-40(47)36-55)69-52(60)39-13-19-43(20-14-39)66-50(58)37-11-17-41(18-12-37)62-31-7-4-6-10-34-65-49(57)29-30-54/h2,11-12,17-18,23-28,35-36,38-39,43-44H,1,3-10,13-16,19-22,29-34H2/t38-,39-,43-,44-. The van der Waals surface area contributed by atoms with E-state index >= 15 is 0 Å². The number of aldehydes is 1. The molecule has 0 saturated heterocycles. The van der Waals surface area contributed by atoms with Crippen molar-refractivity contribution in [1.29, 1.82) is 0 Å². The first-order valence-electron chi connectivity index (χ1n) is 24.0. The molecule has 0 radical (unpaired) electrons. The van der Waals surface area contributed by atoms with E-state index in [0.717, 1.165) is 57.4 Å². The summed E-state index contributed by atoms with van der Waals surface area (Å²) in [6.45, 7) is 5.18. The number of carbonyl (C=O) groups is 7. The Labute approximate surface area is 408 Å². The molecule has 2 saturated carbocycles. The Hall–Kier alpha value is -6.22. The van der Waals surface area contributed by atoms with Crippen molar-refractivity contribution in [2.75, 3.05) is 32.3 Å². The van der Waals surface area contributed by atoms with Gasteiger partial charge in [-0.25, -0.2) is 14.4 Å². The molecule has 2 fully saturated rings. The monoisotopic (exact) mass is 974 g/mol. The molecule has 0 heterocycles. The lowest BCUT2D eigenvalue weighted by Crippen LogP contribution is -2.30. The highest BCUT2D eigenvalue weighted by Gasteiger charge is 2.32. The summed E-state index contributed by atoms with van der Waals surface area (Å²) in [6.07, 6.45) is 11.6. The van der Waals surface area contributed by atoms with Gasteiger partial charge >= 0.3 is 35.8 Å². The highest BCUT2D eigenvalue weighted by Crippen LogP contribution is 2.32. The topological polar surface area (TPSA) is 193 Å². The molecule has 15 nitrogen and oxygen atoms in total. The van der Waals surface area contributed by atoms with E-state index in [4.69, 9.17) is 49.5 Å². The van der Waals surface area contributed by atoms with Crippen LogP contribution >= 0.6 is 11.6 Å². The number of esters is 6. The van der Waals surface area contributed by atoms with Gasteiger partial charge in [-0.1, -0.05) is 6.58 Å². The van der Waals surface area contributed by atoms with Crippen molar-refractivity contribution in [1.82, 2.24) is 0 Å². The third-order valence-electron chi connectivity index (χ3n) is 11.9. The number of benzene rings is 3. The molecule has 0 aromatic heterocycles. The molecule has 0 unspecified atom stereocenters. The van der Waals surface area contributed by atoms with Gasteiger partial charge in [0.2, 0.25) is 0 Å². The molecular weight excluding hydrogens is 912 g/mol. The molecular formula is C53H63ClO15. The molecule has 16 heteroatoms. The van der Waals surface area contributed by atoms with Crippen LogP contribution in [0, 0.1) is 11.8 Å². The largest absolute Gasteiger partial charge is 0.494 e. The zero-order valence-corrected chi connectivity index (χ0v) is 39.8. The first-order valence-corrected chi connectivity index (χ1v) is 24.5. The van der Waals surface area contributed by atoms with E-state index in [9.17, 15) is 33.6 Å². The third kappa shape index (κ3) is 19.0. The van der Waals surface area contributed by atoms with Crippen molar-refractivity contribution in [2.45, 2.75) is 121 Å². The van der Waals surface area contributed by atoms with E-state index in [0.29, 0.717) is 107 Å². The second kappa shape index (κ2) is 29.6. The van der Waals surface area contributed by atoms with Crippen LogP contribution in [0.2, 0.25) is 0 Å². The van der Waals surface area contributed by atoms with Crippen molar-refractivity contribution < 1.29 is 71.5 Å². The fourth-order valence-electron chi connectivity index (χ4n) is 7.91. The summed E-state index contributed by atoms with van der Waals surface area (Å²) in [4.78, 5) is 86.6. The summed E-state index contributed by atoms with van der Waals surface area (Å²) in [5.74, 6) is -1.40. The van der Waals surface area contributed by atoms with E-state index in [-0.39, 0.29) is 53.1 Å².